The molecule has 1 N–H and O–H groups in total. The van der Waals surface area contributed by atoms with Crippen molar-refractivity contribution in [1.29, 1.82) is 0 Å². The van der Waals surface area contributed by atoms with Gasteiger partial charge in [-0.1, -0.05) is 6.92 Å². The van der Waals surface area contributed by atoms with Gasteiger partial charge in [0, 0.05) is 21.6 Å². The van der Waals surface area contributed by atoms with E-state index in [0.29, 0.717) is 23.9 Å². The third-order valence-electron chi connectivity index (χ3n) is 2.32. The maximum atomic E-state index is 11.7. The Kier molecular flexibility index (Phi) is 6.13. The van der Waals surface area contributed by atoms with Crippen LogP contribution in [0.4, 0.5) is 0 Å². The number of hydrogen-bond acceptors (Lipinski definition) is 1. The quantitative estimate of drug-likeness (QED) is 0.640. The van der Waals surface area contributed by atoms with Crippen molar-refractivity contribution >= 4 is 40.1 Å². The summed E-state index contributed by atoms with van der Waals surface area (Å²) < 4.78 is 1.13. The Morgan fingerprint density at radius 1 is 1.44 bits per heavy atom. The van der Waals surface area contributed by atoms with Gasteiger partial charge >= 0.3 is 0 Å². The minimum atomic E-state index is -0.0159. The maximum Gasteiger partial charge on any atom is 0.251 e. The molecule has 1 aromatic carbocycles. The number of benzene rings is 1. The Labute approximate surface area is 115 Å². The Morgan fingerprint density at radius 2 is 2.06 bits per heavy atom. The van der Waals surface area contributed by atoms with Gasteiger partial charge in [-0.05, 0) is 59.2 Å². The highest BCUT2D eigenvalue weighted by atomic mass is 127. The summed E-state index contributed by atoms with van der Waals surface area (Å²) in [5.74, 6) is 1.05. The van der Waals surface area contributed by atoms with E-state index >= 15 is 0 Å². The van der Waals surface area contributed by atoms with Crippen LogP contribution in [0.25, 0.3) is 0 Å². The molecule has 0 heterocycles. The molecule has 0 saturated carbocycles. The largest absolute Gasteiger partial charge is 0.352 e. The fraction of sp³-hybridized carbons (Fsp3) is 0.417. The number of carbonyl (C=O) groups excluding carboxylic acids is 1. The third kappa shape index (κ3) is 4.70. The van der Waals surface area contributed by atoms with Crippen LogP contribution in [-0.4, -0.2) is 18.3 Å². The van der Waals surface area contributed by atoms with E-state index in [2.05, 4.69) is 34.8 Å². The van der Waals surface area contributed by atoms with E-state index in [1.165, 1.54) is 0 Å². The topological polar surface area (TPSA) is 29.1 Å². The van der Waals surface area contributed by atoms with Crippen LogP contribution in [0.3, 0.4) is 0 Å². The molecule has 2 nitrogen and oxygen atoms in total. The highest BCUT2D eigenvalue weighted by Crippen LogP contribution is 2.07. The second-order valence-corrected chi connectivity index (χ2v) is 5.42. The molecule has 0 aliphatic rings. The van der Waals surface area contributed by atoms with E-state index < -0.39 is 0 Å². The van der Waals surface area contributed by atoms with Gasteiger partial charge in [0.15, 0.2) is 0 Å². The zero-order valence-electron chi connectivity index (χ0n) is 9.17. The Balaban J connectivity index is 2.43. The van der Waals surface area contributed by atoms with Gasteiger partial charge in [0.2, 0.25) is 0 Å². The minimum absolute atomic E-state index is 0.0159. The maximum absolute atomic E-state index is 11.7. The predicted molar refractivity (Wildman–Crippen MR) is 76.0 cm³/mol. The molecule has 0 spiro atoms. The van der Waals surface area contributed by atoms with E-state index in [1.54, 1.807) is 0 Å². The molecule has 0 saturated heterocycles. The van der Waals surface area contributed by atoms with E-state index in [1.807, 2.05) is 24.3 Å². The monoisotopic (exact) mass is 351 g/mol. The molecule has 1 atom stereocenters. The number of rotatable bonds is 5. The summed E-state index contributed by atoms with van der Waals surface area (Å²) >= 11 is 7.85. The summed E-state index contributed by atoms with van der Waals surface area (Å²) in [5.41, 5.74) is 0.707. The van der Waals surface area contributed by atoms with Gasteiger partial charge in [0.05, 0.1) is 0 Å². The second kappa shape index (κ2) is 7.12. The summed E-state index contributed by atoms with van der Waals surface area (Å²) in [6.45, 7) is 2.76. The molecule has 0 fully saturated rings. The molecular formula is C12H15ClINO. The molecule has 88 valence electrons. The lowest BCUT2D eigenvalue weighted by Crippen LogP contribution is -2.28. The van der Waals surface area contributed by atoms with Crippen LogP contribution in [0.15, 0.2) is 24.3 Å². The lowest BCUT2D eigenvalue weighted by Gasteiger charge is -2.10. The molecule has 0 bridgehead atoms. The number of carbonyl (C=O) groups is 1. The first-order valence-corrected chi connectivity index (χ1v) is 6.84. The van der Waals surface area contributed by atoms with Crippen molar-refractivity contribution in [1.82, 2.24) is 5.32 Å². The molecule has 0 aromatic heterocycles. The third-order valence-corrected chi connectivity index (χ3v) is 3.26. The van der Waals surface area contributed by atoms with Crippen LogP contribution < -0.4 is 5.32 Å². The van der Waals surface area contributed by atoms with Gasteiger partial charge in [-0.2, -0.15) is 0 Å². The predicted octanol–water partition coefficient (Wildman–Crippen LogP) is 3.29. The minimum Gasteiger partial charge on any atom is -0.352 e. The summed E-state index contributed by atoms with van der Waals surface area (Å²) in [5, 5.41) is 2.90. The first kappa shape index (κ1) is 13.8. The van der Waals surface area contributed by atoms with Crippen LogP contribution >= 0.6 is 34.2 Å². The first-order valence-electron chi connectivity index (χ1n) is 5.23. The average molecular weight is 352 g/mol. The van der Waals surface area contributed by atoms with E-state index in [0.717, 1.165) is 9.99 Å². The molecule has 1 amide bonds. The first-order chi connectivity index (χ1) is 7.63. The lowest BCUT2D eigenvalue weighted by molar-refractivity contribution is 0.0948. The van der Waals surface area contributed by atoms with Crippen molar-refractivity contribution < 1.29 is 4.79 Å². The summed E-state index contributed by atoms with van der Waals surface area (Å²) in [7, 11) is 0. The molecule has 0 radical (unpaired) electrons. The van der Waals surface area contributed by atoms with Gasteiger partial charge in [-0.15, -0.1) is 11.6 Å². The van der Waals surface area contributed by atoms with Crippen molar-refractivity contribution in [3.05, 3.63) is 33.4 Å². The number of hydrogen-bond donors (Lipinski definition) is 1. The Hall–Kier alpha value is -0.290. The van der Waals surface area contributed by atoms with Crippen LogP contribution in [0.1, 0.15) is 23.7 Å². The molecular weight excluding hydrogens is 336 g/mol. The average Bonchev–Trinajstić information content (AvgIpc) is 2.27. The molecule has 4 heteroatoms. The van der Waals surface area contributed by atoms with Crippen LogP contribution in [0.5, 0.6) is 0 Å². The fourth-order valence-corrected chi connectivity index (χ4v) is 1.99. The smallest absolute Gasteiger partial charge is 0.251 e. The van der Waals surface area contributed by atoms with Crippen molar-refractivity contribution in [2.24, 2.45) is 5.92 Å². The molecule has 1 unspecified atom stereocenters. The lowest BCUT2D eigenvalue weighted by atomic mass is 10.1. The zero-order valence-corrected chi connectivity index (χ0v) is 12.1. The number of amides is 1. The van der Waals surface area contributed by atoms with Crippen molar-refractivity contribution in [2.75, 3.05) is 12.4 Å². The van der Waals surface area contributed by atoms with Crippen LogP contribution in [0, 0.1) is 9.49 Å². The highest BCUT2D eigenvalue weighted by molar-refractivity contribution is 14.1. The second-order valence-electron chi connectivity index (χ2n) is 3.80. The standard InChI is InChI=1S/C12H15ClINO/c1-9(6-7-13)8-15-12(16)10-2-4-11(14)5-3-10/h2-5,9H,6-8H2,1H3,(H,15,16). The van der Waals surface area contributed by atoms with Gasteiger partial charge in [0.25, 0.3) is 5.91 Å². The number of halogens is 2. The highest BCUT2D eigenvalue weighted by Gasteiger charge is 2.07. The molecule has 1 rings (SSSR count). The van der Waals surface area contributed by atoms with E-state index in [9.17, 15) is 4.79 Å². The summed E-state index contributed by atoms with van der Waals surface area (Å²) in [6, 6.07) is 7.53. The zero-order chi connectivity index (χ0) is 12.0. The van der Waals surface area contributed by atoms with Gasteiger partial charge < -0.3 is 5.32 Å². The van der Waals surface area contributed by atoms with Crippen molar-refractivity contribution in [2.45, 2.75) is 13.3 Å². The van der Waals surface area contributed by atoms with Crippen molar-refractivity contribution in [3.63, 3.8) is 0 Å². The SMILES string of the molecule is CC(CCCl)CNC(=O)c1ccc(I)cc1. The van der Waals surface area contributed by atoms with Crippen molar-refractivity contribution in [3.8, 4) is 0 Å². The molecule has 0 aliphatic heterocycles. The van der Waals surface area contributed by atoms with E-state index in [-0.39, 0.29) is 5.91 Å². The number of nitrogens with one attached hydrogen (secondary N) is 1. The summed E-state index contributed by atoms with van der Waals surface area (Å²) in [6.07, 6.45) is 0.925. The molecule has 0 aliphatic carbocycles. The van der Waals surface area contributed by atoms with Crippen LogP contribution in [-0.2, 0) is 0 Å². The van der Waals surface area contributed by atoms with Gasteiger partial charge in [-0.25, -0.2) is 0 Å². The Bertz CT molecular complexity index is 339. The molecule has 16 heavy (non-hydrogen) atoms. The van der Waals surface area contributed by atoms with E-state index in [4.69, 9.17) is 11.6 Å². The fourth-order valence-electron chi connectivity index (χ4n) is 1.26. The normalized spacial score (nSPS) is 12.2. The number of alkyl halides is 1. The van der Waals surface area contributed by atoms with Gasteiger partial charge in [0.1, 0.15) is 0 Å². The van der Waals surface area contributed by atoms with Crippen LogP contribution in [0.2, 0.25) is 0 Å². The Morgan fingerprint density at radius 3 is 2.62 bits per heavy atom. The molecule has 1 aromatic rings. The summed E-state index contributed by atoms with van der Waals surface area (Å²) in [4.78, 5) is 11.7. The van der Waals surface area contributed by atoms with Gasteiger partial charge in [-0.3, -0.25) is 4.79 Å².